The number of ether oxygens (including phenoxy) is 1. The summed E-state index contributed by atoms with van der Waals surface area (Å²) in [5.74, 6) is -1.18. The Balaban J connectivity index is 1.55. The van der Waals surface area contributed by atoms with E-state index in [0.717, 1.165) is 16.0 Å². The number of Topliss-reactive ketones (excluding diaryl/α,β-unsaturated/α-hetero) is 1. The lowest BCUT2D eigenvalue weighted by atomic mass is 9.94. The minimum absolute atomic E-state index is 0.0155. The van der Waals surface area contributed by atoms with Crippen molar-refractivity contribution >= 4 is 78.9 Å². The van der Waals surface area contributed by atoms with Gasteiger partial charge in [-0.05, 0) is 66.6 Å². The quantitative estimate of drug-likeness (QED) is 0.160. The van der Waals surface area contributed by atoms with Gasteiger partial charge in [-0.15, -0.1) is 0 Å². The highest BCUT2D eigenvalue weighted by atomic mass is 35.5. The van der Waals surface area contributed by atoms with Crippen LogP contribution < -0.4 is 9.64 Å². The number of ketones is 1. The first-order chi connectivity index (χ1) is 17.7. The zero-order valence-corrected chi connectivity index (χ0v) is 22.3. The number of aromatic nitrogens is 1. The highest BCUT2D eigenvalue weighted by Crippen LogP contribution is 2.46. The fourth-order valence-corrected chi connectivity index (χ4v) is 6.32. The third-order valence-corrected chi connectivity index (χ3v) is 8.41. The Morgan fingerprint density at radius 2 is 1.86 bits per heavy atom. The Kier molecular flexibility index (Phi) is 5.92. The minimum Gasteiger partial charge on any atom is -0.507 e. The van der Waals surface area contributed by atoms with Gasteiger partial charge in [0.2, 0.25) is 0 Å². The molecule has 0 bridgehead atoms. The first kappa shape index (κ1) is 24.2. The molecule has 0 aliphatic carbocycles. The molecule has 1 fully saturated rings. The fraction of sp³-hybridized carbons (Fsp3) is 0.148. The van der Waals surface area contributed by atoms with Gasteiger partial charge in [0.15, 0.2) is 5.13 Å². The molecule has 1 N–H and O–H groups in total. The molecule has 0 unspecified atom stereocenters. The second kappa shape index (κ2) is 9.03. The molecule has 3 aromatic carbocycles. The molecule has 1 saturated heterocycles. The van der Waals surface area contributed by atoms with Crippen LogP contribution in [0.4, 0.5) is 5.13 Å². The molecular weight excluding hydrogens is 555 g/mol. The van der Waals surface area contributed by atoms with Crippen molar-refractivity contribution < 1.29 is 19.4 Å². The maximum atomic E-state index is 13.5. The standard InChI is InChI=1S/C27H17Cl3N2O4S/c1-12-8-15-9-14(3-7-20(15)36-12)24(33)22-23(13-2-5-17(29)18(30)10-13)32(26(35)25(22)34)27-31-19-6-4-16(28)11-21(19)37-27/h2-7,9-12,23,33H,8H2,1H3/b24-22+/t12-,23-/m0/s1. The molecule has 3 heterocycles. The summed E-state index contributed by atoms with van der Waals surface area (Å²) in [5, 5.41) is 12.9. The molecule has 2 atom stereocenters. The van der Waals surface area contributed by atoms with E-state index >= 15 is 0 Å². The molecule has 1 aromatic heterocycles. The van der Waals surface area contributed by atoms with Crippen LogP contribution in [0.15, 0.2) is 60.2 Å². The van der Waals surface area contributed by atoms with Crippen LogP contribution in [0.2, 0.25) is 15.1 Å². The van der Waals surface area contributed by atoms with Gasteiger partial charge in [0, 0.05) is 17.0 Å². The van der Waals surface area contributed by atoms with Crippen LogP contribution in [-0.4, -0.2) is 27.9 Å². The van der Waals surface area contributed by atoms with Gasteiger partial charge in [0.25, 0.3) is 5.78 Å². The van der Waals surface area contributed by atoms with Crippen molar-refractivity contribution in [2.45, 2.75) is 25.5 Å². The zero-order valence-electron chi connectivity index (χ0n) is 19.2. The smallest absolute Gasteiger partial charge is 0.301 e. The van der Waals surface area contributed by atoms with Crippen molar-refractivity contribution in [2.24, 2.45) is 0 Å². The summed E-state index contributed by atoms with van der Waals surface area (Å²) >= 11 is 19.8. The average molecular weight is 572 g/mol. The Bertz CT molecular complexity index is 1660. The van der Waals surface area contributed by atoms with Gasteiger partial charge in [-0.3, -0.25) is 14.5 Å². The Morgan fingerprint density at radius 1 is 1.05 bits per heavy atom. The first-order valence-electron chi connectivity index (χ1n) is 11.3. The number of hydrogen-bond acceptors (Lipinski definition) is 6. The number of aliphatic hydroxyl groups is 1. The highest BCUT2D eigenvalue weighted by molar-refractivity contribution is 7.22. The van der Waals surface area contributed by atoms with Crippen LogP contribution in [-0.2, 0) is 16.0 Å². The third kappa shape index (κ3) is 4.07. The topological polar surface area (TPSA) is 79.7 Å². The van der Waals surface area contributed by atoms with Crippen molar-refractivity contribution in [3.63, 3.8) is 0 Å². The summed E-state index contributed by atoms with van der Waals surface area (Å²) in [6, 6.07) is 14.3. The SMILES string of the molecule is C[C@H]1Cc2cc(/C(O)=C3\C(=O)C(=O)N(c4nc5ccc(Cl)cc5s4)[C@H]3c3ccc(Cl)c(Cl)c3)ccc2O1. The van der Waals surface area contributed by atoms with Crippen molar-refractivity contribution in [2.75, 3.05) is 4.90 Å². The lowest BCUT2D eigenvalue weighted by molar-refractivity contribution is -0.132. The van der Waals surface area contributed by atoms with Crippen molar-refractivity contribution in [3.8, 4) is 5.75 Å². The summed E-state index contributed by atoms with van der Waals surface area (Å²) in [5.41, 5.74) is 2.40. The zero-order chi connectivity index (χ0) is 26.0. The van der Waals surface area contributed by atoms with Crippen LogP contribution in [0.3, 0.4) is 0 Å². The average Bonchev–Trinajstić information content (AvgIpc) is 3.52. The molecule has 10 heteroatoms. The number of halogens is 3. The van der Waals surface area contributed by atoms with Gasteiger partial charge in [-0.25, -0.2) is 4.98 Å². The van der Waals surface area contributed by atoms with Crippen LogP contribution in [0.5, 0.6) is 5.75 Å². The summed E-state index contributed by atoms with van der Waals surface area (Å²) in [7, 11) is 0. The van der Waals surface area contributed by atoms with E-state index in [1.807, 2.05) is 6.92 Å². The Labute approximate surface area is 230 Å². The number of rotatable bonds is 3. The summed E-state index contributed by atoms with van der Waals surface area (Å²) in [6.45, 7) is 1.96. The second-order valence-corrected chi connectivity index (χ2v) is 11.2. The number of benzene rings is 3. The number of hydrogen-bond donors (Lipinski definition) is 1. The molecule has 2 aliphatic rings. The van der Waals surface area contributed by atoms with E-state index in [-0.39, 0.29) is 22.5 Å². The number of carbonyl (C=O) groups excluding carboxylic acids is 2. The van der Waals surface area contributed by atoms with Crippen LogP contribution in [0.25, 0.3) is 16.0 Å². The van der Waals surface area contributed by atoms with Gasteiger partial charge in [0.1, 0.15) is 17.6 Å². The molecular formula is C27H17Cl3N2O4S. The van der Waals surface area contributed by atoms with E-state index in [0.29, 0.717) is 38.2 Å². The Hall–Kier alpha value is -3.10. The molecule has 1 amide bonds. The predicted molar refractivity (Wildman–Crippen MR) is 146 cm³/mol. The lowest BCUT2D eigenvalue weighted by Gasteiger charge is -2.23. The van der Waals surface area contributed by atoms with Crippen molar-refractivity contribution in [1.82, 2.24) is 4.98 Å². The molecule has 6 nitrogen and oxygen atoms in total. The molecule has 6 rings (SSSR count). The van der Waals surface area contributed by atoms with Crippen LogP contribution >= 0.6 is 46.1 Å². The van der Waals surface area contributed by atoms with E-state index in [9.17, 15) is 14.7 Å². The minimum atomic E-state index is -0.978. The normalized spacial score (nSPS) is 20.5. The van der Waals surface area contributed by atoms with Gasteiger partial charge in [-0.1, -0.05) is 52.2 Å². The molecule has 186 valence electrons. The highest BCUT2D eigenvalue weighted by Gasteiger charge is 2.48. The predicted octanol–water partition coefficient (Wildman–Crippen LogP) is 7.21. The summed E-state index contributed by atoms with van der Waals surface area (Å²) in [4.78, 5) is 32.8. The van der Waals surface area contributed by atoms with Gasteiger partial charge in [-0.2, -0.15) is 0 Å². The third-order valence-electron chi connectivity index (χ3n) is 6.42. The van der Waals surface area contributed by atoms with E-state index in [4.69, 9.17) is 39.5 Å². The first-order valence-corrected chi connectivity index (χ1v) is 13.3. The van der Waals surface area contributed by atoms with E-state index in [2.05, 4.69) is 4.98 Å². The van der Waals surface area contributed by atoms with E-state index < -0.39 is 17.7 Å². The fourth-order valence-electron chi connectivity index (χ4n) is 4.74. The number of thiazole rings is 1. The van der Waals surface area contributed by atoms with Gasteiger partial charge >= 0.3 is 5.91 Å². The van der Waals surface area contributed by atoms with Crippen LogP contribution in [0, 0.1) is 0 Å². The van der Waals surface area contributed by atoms with Crippen molar-refractivity contribution in [1.29, 1.82) is 0 Å². The molecule has 2 aliphatic heterocycles. The summed E-state index contributed by atoms with van der Waals surface area (Å²) in [6.07, 6.45) is 0.691. The monoisotopic (exact) mass is 570 g/mol. The largest absolute Gasteiger partial charge is 0.507 e. The number of aliphatic hydroxyl groups excluding tert-OH is 1. The lowest BCUT2D eigenvalue weighted by Crippen LogP contribution is -2.29. The number of carbonyl (C=O) groups is 2. The molecule has 0 radical (unpaired) electrons. The maximum Gasteiger partial charge on any atom is 0.301 e. The number of fused-ring (bicyclic) bond motifs is 2. The van der Waals surface area contributed by atoms with Crippen molar-refractivity contribution in [3.05, 3.63) is 91.9 Å². The number of anilines is 1. The molecule has 37 heavy (non-hydrogen) atoms. The van der Waals surface area contributed by atoms with Crippen LogP contribution in [0.1, 0.15) is 29.7 Å². The second-order valence-electron chi connectivity index (χ2n) is 8.91. The Morgan fingerprint density at radius 3 is 2.65 bits per heavy atom. The molecule has 4 aromatic rings. The molecule has 0 saturated carbocycles. The number of nitrogens with zero attached hydrogens (tertiary/aromatic N) is 2. The van der Waals surface area contributed by atoms with Gasteiger partial charge < -0.3 is 9.84 Å². The summed E-state index contributed by atoms with van der Waals surface area (Å²) < 4.78 is 6.52. The maximum absolute atomic E-state index is 13.5. The molecule has 0 spiro atoms. The number of amides is 1. The van der Waals surface area contributed by atoms with E-state index in [1.54, 1.807) is 54.6 Å². The van der Waals surface area contributed by atoms with E-state index in [1.165, 1.54) is 16.2 Å². The van der Waals surface area contributed by atoms with Gasteiger partial charge in [0.05, 0.1) is 31.9 Å².